The lowest BCUT2D eigenvalue weighted by molar-refractivity contribution is -0.134. The van der Waals surface area contributed by atoms with Crippen molar-refractivity contribution in [3.05, 3.63) is 42.0 Å². The molecule has 1 N–H and O–H groups in total. The number of benzene rings is 2. The molecular weight excluding hydrogens is 472 g/mol. The van der Waals surface area contributed by atoms with E-state index in [0.29, 0.717) is 29.5 Å². The quantitative estimate of drug-likeness (QED) is 0.0906. The third-order valence-corrected chi connectivity index (χ3v) is 6.87. The number of rotatable bonds is 16. The number of hydrogen-bond acceptors (Lipinski definition) is 7. The number of carbonyl (C=O) groups excluding carboxylic acids is 1. The third kappa shape index (κ3) is 9.26. The van der Waals surface area contributed by atoms with E-state index in [2.05, 4.69) is 16.9 Å². The summed E-state index contributed by atoms with van der Waals surface area (Å²) in [6.45, 7) is 4.80. The van der Waals surface area contributed by atoms with Crippen molar-refractivity contribution >= 4 is 38.9 Å². The van der Waals surface area contributed by atoms with Gasteiger partial charge >= 0.3 is 5.97 Å². The highest BCUT2D eigenvalue weighted by Crippen LogP contribution is 2.31. The minimum atomic E-state index is -0.267. The zero-order valence-corrected chi connectivity index (χ0v) is 22.3. The molecule has 3 aromatic rings. The fourth-order valence-electron chi connectivity index (χ4n) is 3.96. The minimum Gasteiger partial charge on any atom is -0.507 e. The average molecular weight is 511 g/mol. The number of ether oxygens (including phenoxy) is 2. The molecule has 1 heterocycles. The normalized spacial score (nSPS) is 11.4. The number of esters is 1. The lowest BCUT2D eigenvalue weighted by atomic mass is 10.1. The van der Waals surface area contributed by atoms with Crippen LogP contribution in [0.25, 0.3) is 10.2 Å². The summed E-state index contributed by atoms with van der Waals surface area (Å²) in [6, 6.07) is 10.6. The Kier molecular flexibility index (Phi) is 11.7. The van der Waals surface area contributed by atoms with Crippen LogP contribution in [0.1, 0.15) is 90.0 Å². The molecular formula is C29H38N2O4S. The third-order valence-electron chi connectivity index (χ3n) is 5.94. The van der Waals surface area contributed by atoms with Gasteiger partial charge in [-0.2, -0.15) is 0 Å². The van der Waals surface area contributed by atoms with Crippen molar-refractivity contribution < 1.29 is 19.4 Å². The van der Waals surface area contributed by atoms with Crippen molar-refractivity contribution in [2.75, 3.05) is 6.61 Å². The second-order valence-corrected chi connectivity index (χ2v) is 9.95. The predicted octanol–water partition coefficient (Wildman–Crippen LogP) is 8.37. The fraction of sp³-hybridized carbons (Fsp3) is 0.483. The molecule has 0 spiro atoms. The highest BCUT2D eigenvalue weighted by Gasteiger charge is 2.09. The van der Waals surface area contributed by atoms with Gasteiger partial charge < -0.3 is 14.6 Å². The number of phenols is 1. The van der Waals surface area contributed by atoms with Crippen molar-refractivity contribution in [2.24, 2.45) is 4.99 Å². The maximum absolute atomic E-state index is 12.2. The summed E-state index contributed by atoms with van der Waals surface area (Å²) in [6.07, 6.45) is 14.2. The molecule has 0 saturated heterocycles. The van der Waals surface area contributed by atoms with Gasteiger partial charge in [-0.15, -0.1) is 0 Å². The number of aromatic hydroxyl groups is 1. The van der Waals surface area contributed by atoms with Crippen LogP contribution < -0.4 is 9.47 Å². The van der Waals surface area contributed by atoms with Crippen LogP contribution in [-0.4, -0.2) is 28.9 Å². The highest BCUT2D eigenvalue weighted by molar-refractivity contribution is 7.22. The summed E-state index contributed by atoms with van der Waals surface area (Å²) in [5.41, 5.74) is 1.38. The first-order chi connectivity index (χ1) is 17.6. The minimum absolute atomic E-state index is 0.00253. The van der Waals surface area contributed by atoms with E-state index in [1.807, 2.05) is 25.1 Å². The van der Waals surface area contributed by atoms with Gasteiger partial charge in [0.15, 0.2) is 0 Å². The first-order valence-electron chi connectivity index (χ1n) is 13.2. The van der Waals surface area contributed by atoms with E-state index in [9.17, 15) is 9.90 Å². The van der Waals surface area contributed by atoms with E-state index in [1.54, 1.807) is 18.3 Å². The summed E-state index contributed by atoms with van der Waals surface area (Å²) in [5, 5.41) is 11.0. The SMILES string of the molecule is CCCCCCCCCCCCC(=O)Oc1ccc(/C=N/c2nc3ccc(OCC)cc3s2)c(O)c1. The van der Waals surface area contributed by atoms with Crippen molar-refractivity contribution in [1.82, 2.24) is 4.98 Å². The van der Waals surface area contributed by atoms with Gasteiger partial charge in [0.1, 0.15) is 17.2 Å². The van der Waals surface area contributed by atoms with E-state index in [1.165, 1.54) is 62.3 Å². The Bertz CT molecular complexity index is 1130. The molecule has 0 atom stereocenters. The summed E-state index contributed by atoms with van der Waals surface area (Å²) >= 11 is 1.45. The molecule has 7 heteroatoms. The van der Waals surface area contributed by atoms with Crippen LogP contribution in [0.3, 0.4) is 0 Å². The number of nitrogens with zero attached hydrogens (tertiary/aromatic N) is 2. The number of unbranched alkanes of at least 4 members (excludes halogenated alkanes) is 9. The van der Waals surface area contributed by atoms with Crippen molar-refractivity contribution in [3.63, 3.8) is 0 Å². The van der Waals surface area contributed by atoms with E-state index in [-0.39, 0.29) is 11.7 Å². The fourth-order valence-corrected chi connectivity index (χ4v) is 4.80. The standard InChI is InChI=1S/C29H38N2O4S/c1-3-5-6-7-8-9-10-11-12-13-14-28(33)35-24-16-15-22(26(32)19-24)21-30-29-31-25-18-17-23(34-4-2)20-27(25)36-29/h15-21,32H,3-14H2,1-2H3/b30-21+. The Hall–Kier alpha value is -2.93. The molecule has 0 aliphatic carbocycles. The molecule has 1 aromatic heterocycles. The van der Waals surface area contributed by atoms with Gasteiger partial charge in [0.05, 0.1) is 16.8 Å². The van der Waals surface area contributed by atoms with E-state index in [0.717, 1.165) is 35.2 Å². The van der Waals surface area contributed by atoms with Crippen molar-refractivity contribution in [2.45, 2.75) is 84.5 Å². The van der Waals surface area contributed by atoms with Crippen LogP contribution in [0.2, 0.25) is 0 Å². The van der Waals surface area contributed by atoms with Gasteiger partial charge in [-0.3, -0.25) is 4.79 Å². The van der Waals surface area contributed by atoms with Crippen LogP contribution in [0.15, 0.2) is 41.4 Å². The molecule has 0 aliphatic rings. The Morgan fingerprint density at radius 2 is 1.64 bits per heavy atom. The Balaban J connectivity index is 1.40. The molecule has 0 saturated carbocycles. The molecule has 0 unspecified atom stereocenters. The summed E-state index contributed by atoms with van der Waals surface area (Å²) in [7, 11) is 0. The second-order valence-electron chi connectivity index (χ2n) is 8.94. The summed E-state index contributed by atoms with van der Waals surface area (Å²) in [5.74, 6) is 0.879. The maximum Gasteiger partial charge on any atom is 0.311 e. The van der Waals surface area contributed by atoms with Crippen LogP contribution in [0.5, 0.6) is 17.2 Å². The lowest BCUT2D eigenvalue weighted by Crippen LogP contribution is -2.07. The molecule has 0 radical (unpaired) electrons. The molecule has 0 amide bonds. The van der Waals surface area contributed by atoms with Gasteiger partial charge in [-0.05, 0) is 43.7 Å². The van der Waals surface area contributed by atoms with Crippen LogP contribution in [0, 0.1) is 0 Å². The van der Waals surface area contributed by atoms with E-state index >= 15 is 0 Å². The smallest absolute Gasteiger partial charge is 0.311 e. The van der Waals surface area contributed by atoms with Gasteiger partial charge in [0.2, 0.25) is 5.13 Å². The Morgan fingerprint density at radius 1 is 0.944 bits per heavy atom. The van der Waals surface area contributed by atoms with Crippen molar-refractivity contribution in [1.29, 1.82) is 0 Å². The molecule has 194 valence electrons. The molecule has 2 aromatic carbocycles. The van der Waals surface area contributed by atoms with Gasteiger partial charge in [-0.25, -0.2) is 9.98 Å². The number of aromatic nitrogens is 1. The van der Waals surface area contributed by atoms with E-state index in [4.69, 9.17) is 9.47 Å². The first kappa shape index (κ1) is 27.7. The summed E-state index contributed by atoms with van der Waals surface area (Å²) in [4.78, 5) is 21.1. The van der Waals surface area contributed by atoms with Gasteiger partial charge in [0.25, 0.3) is 0 Å². The monoisotopic (exact) mass is 510 g/mol. The second kappa shape index (κ2) is 15.2. The Morgan fingerprint density at radius 3 is 2.33 bits per heavy atom. The zero-order chi connectivity index (χ0) is 25.6. The van der Waals surface area contributed by atoms with Gasteiger partial charge in [-0.1, -0.05) is 76.0 Å². The van der Waals surface area contributed by atoms with Crippen molar-refractivity contribution in [3.8, 4) is 17.2 Å². The maximum atomic E-state index is 12.2. The number of thiazole rings is 1. The van der Waals surface area contributed by atoms with Crippen LogP contribution in [-0.2, 0) is 4.79 Å². The molecule has 6 nitrogen and oxygen atoms in total. The molecule has 3 rings (SSSR count). The molecule has 36 heavy (non-hydrogen) atoms. The van der Waals surface area contributed by atoms with E-state index < -0.39 is 0 Å². The topological polar surface area (TPSA) is 81.0 Å². The average Bonchev–Trinajstić information content (AvgIpc) is 3.27. The number of hydrogen-bond donors (Lipinski definition) is 1. The summed E-state index contributed by atoms with van der Waals surface area (Å²) < 4.78 is 11.9. The van der Waals surface area contributed by atoms with Crippen LogP contribution >= 0.6 is 11.3 Å². The number of aliphatic imine (C=N–C) groups is 1. The van der Waals surface area contributed by atoms with Crippen LogP contribution in [0.4, 0.5) is 5.13 Å². The molecule has 0 bridgehead atoms. The molecule has 0 fully saturated rings. The van der Waals surface area contributed by atoms with Gasteiger partial charge in [0, 0.05) is 24.3 Å². The zero-order valence-electron chi connectivity index (χ0n) is 21.5. The lowest BCUT2D eigenvalue weighted by Gasteiger charge is -2.06. The number of carbonyl (C=O) groups is 1. The Labute approximate surface area is 218 Å². The largest absolute Gasteiger partial charge is 0.507 e. The number of phenolic OH excluding ortho intramolecular Hbond substituents is 1. The predicted molar refractivity (Wildman–Crippen MR) is 148 cm³/mol. The number of fused-ring (bicyclic) bond motifs is 1. The highest BCUT2D eigenvalue weighted by atomic mass is 32.1. The molecule has 0 aliphatic heterocycles. The first-order valence-corrected chi connectivity index (χ1v) is 14.0.